The van der Waals surface area contributed by atoms with E-state index in [1.54, 1.807) is 12.1 Å². The molecular formula is C29H31ClFN5O4. The Bertz CT molecular complexity index is 1440. The third-order valence-corrected chi connectivity index (χ3v) is 7.77. The van der Waals surface area contributed by atoms with Gasteiger partial charge in [-0.25, -0.2) is 14.4 Å². The van der Waals surface area contributed by atoms with E-state index in [2.05, 4.69) is 20.2 Å². The molecule has 0 amide bonds. The molecule has 0 bridgehead atoms. The first kappa shape index (κ1) is 27.0. The van der Waals surface area contributed by atoms with Crippen LogP contribution in [0.15, 0.2) is 48.8 Å². The van der Waals surface area contributed by atoms with E-state index in [1.165, 1.54) is 18.5 Å². The summed E-state index contributed by atoms with van der Waals surface area (Å²) in [5.74, 6) is 0.506. The molecular weight excluding hydrogens is 537 g/mol. The molecule has 210 valence electrons. The van der Waals surface area contributed by atoms with Crippen LogP contribution >= 0.6 is 11.6 Å². The first-order valence-electron chi connectivity index (χ1n) is 13.4. The highest BCUT2D eigenvalue weighted by atomic mass is 35.5. The van der Waals surface area contributed by atoms with Crippen molar-refractivity contribution in [3.63, 3.8) is 0 Å². The minimum absolute atomic E-state index is 0.000607. The Kier molecular flexibility index (Phi) is 7.69. The van der Waals surface area contributed by atoms with Crippen LogP contribution in [0.25, 0.3) is 10.9 Å². The van der Waals surface area contributed by atoms with Crippen LogP contribution in [0.4, 0.5) is 15.9 Å². The SMILES string of the molecule is NC1(COc2cc3ncnc(Nc4ccc(F)c(Cl)c4)c3cc2CC(=O)/C=C/CN2C[C@@H]3OCCO[C@H]3C2)CC1. The fraction of sp³-hybridized carbons (Fsp3) is 0.414. The lowest BCUT2D eigenvalue weighted by Crippen LogP contribution is -2.36. The summed E-state index contributed by atoms with van der Waals surface area (Å²) in [6, 6.07) is 8.02. The van der Waals surface area contributed by atoms with Gasteiger partial charge in [0.2, 0.25) is 0 Å². The largest absolute Gasteiger partial charge is 0.491 e. The van der Waals surface area contributed by atoms with Crippen LogP contribution in [0, 0.1) is 5.82 Å². The van der Waals surface area contributed by atoms with Gasteiger partial charge in [-0.3, -0.25) is 9.69 Å². The Hall–Kier alpha value is -3.15. The molecule has 11 heteroatoms. The summed E-state index contributed by atoms with van der Waals surface area (Å²) < 4.78 is 31.3. The Morgan fingerprint density at radius 1 is 1.20 bits per heavy atom. The molecule has 2 aliphatic heterocycles. The van der Waals surface area contributed by atoms with E-state index in [0.717, 1.165) is 25.9 Å². The third-order valence-electron chi connectivity index (χ3n) is 7.48. The predicted molar refractivity (Wildman–Crippen MR) is 150 cm³/mol. The number of ether oxygens (including phenoxy) is 3. The summed E-state index contributed by atoms with van der Waals surface area (Å²) in [6.07, 6.45) is 7.08. The summed E-state index contributed by atoms with van der Waals surface area (Å²) >= 11 is 5.96. The highest BCUT2D eigenvalue weighted by Crippen LogP contribution is 2.35. The van der Waals surface area contributed by atoms with Crippen molar-refractivity contribution in [1.82, 2.24) is 14.9 Å². The molecule has 1 aromatic heterocycles. The van der Waals surface area contributed by atoms with Crippen LogP contribution < -0.4 is 15.8 Å². The normalized spacial score (nSPS) is 22.0. The topological polar surface area (TPSA) is 112 Å². The van der Waals surface area contributed by atoms with Crippen molar-refractivity contribution in [2.45, 2.75) is 37.0 Å². The van der Waals surface area contributed by atoms with E-state index < -0.39 is 5.82 Å². The molecule has 3 N–H and O–H groups in total. The van der Waals surface area contributed by atoms with E-state index in [1.807, 2.05) is 18.2 Å². The molecule has 6 rings (SSSR count). The van der Waals surface area contributed by atoms with E-state index in [9.17, 15) is 9.18 Å². The summed E-state index contributed by atoms with van der Waals surface area (Å²) in [7, 11) is 0. The summed E-state index contributed by atoms with van der Waals surface area (Å²) in [4.78, 5) is 24.1. The van der Waals surface area contributed by atoms with Crippen molar-refractivity contribution >= 4 is 39.8 Å². The molecule has 0 spiro atoms. The number of benzene rings is 2. The maximum absolute atomic E-state index is 13.7. The molecule has 2 aromatic carbocycles. The lowest BCUT2D eigenvalue weighted by molar-refractivity contribution is -0.116. The third kappa shape index (κ3) is 6.26. The maximum Gasteiger partial charge on any atom is 0.159 e. The number of hydrogen-bond acceptors (Lipinski definition) is 9. The molecule has 2 atom stereocenters. The lowest BCUT2D eigenvalue weighted by atomic mass is 10.0. The summed E-state index contributed by atoms with van der Waals surface area (Å²) in [6.45, 7) is 3.85. The quantitative estimate of drug-likeness (QED) is 0.353. The minimum atomic E-state index is -0.506. The number of allylic oxidation sites excluding steroid dienone is 1. The van der Waals surface area contributed by atoms with Gasteiger partial charge >= 0.3 is 0 Å². The molecule has 0 radical (unpaired) electrons. The van der Waals surface area contributed by atoms with Gasteiger partial charge < -0.3 is 25.3 Å². The molecule has 40 heavy (non-hydrogen) atoms. The second-order valence-electron chi connectivity index (χ2n) is 10.7. The number of anilines is 2. The second-order valence-corrected chi connectivity index (χ2v) is 11.1. The Morgan fingerprint density at radius 2 is 1.98 bits per heavy atom. The van der Waals surface area contributed by atoms with Gasteiger partial charge in [-0.1, -0.05) is 17.7 Å². The van der Waals surface area contributed by atoms with Gasteiger partial charge in [0.15, 0.2) is 5.78 Å². The number of aromatic nitrogens is 2. The Morgan fingerprint density at radius 3 is 2.70 bits per heavy atom. The Labute approximate surface area is 236 Å². The van der Waals surface area contributed by atoms with E-state index in [4.69, 9.17) is 31.5 Å². The van der Waals surface area contributed by atoms with Gasteiger partial charge in [0.1, 0.15) is 30.3 Å². The van der Waals surface area contributed by atoms with E-state index in [-0.39, 0.29) is 35.0 Å². The minimum Gasteiger partial charge on any atom is -0.491 e. The van der Waals surface area contributed by atoms with Gasteiger partial charge in [0.25, 0.3) is 0 Å². The first-order valence-corrected chi connectivity index (χ1v) is 13.8. The zero-order valence-corrected chi connectivity index (χ0v) is 22.7. The number of rotatable bonds is 10. The fourth-order valence-electron chi connectivity index (χ4n) is 5.00. The Balaban J connectivity index is 1.21. The predicted octanol–water partition coefficient (Wildman–Crippen LogP) is 3.80. The van der Waals surface area contributed by atoms with Crippen molar-refractivity contribution in [2.75, 3.05) is 44.8 Å². The number of nitrogens with two attached hydrogens (primary N) is 1. The number of fused-ring (bicyclic) bond motifs is 2. The average molecular weight is 568 g/mol. The molecule has 3 fully saturated rings. The molecule has 3 aliphatic rings. The van der Waals surface area contributed by atoms with Crippen LogP contribution in [0.5, 0.6) is 5.75 Å². The van der Waals surface area contributed by atoms with Gasteiger partial charge in [-0.2, -0.15) is 0 Å². The number of halogens is 2. The van der Waals surface area contributed by atoms with E-state index >= 15 is 0 Å². The van der Waals surface area contributed by atoms with Gasteiger partial charge in [-0.05, 0) is 43.2 Å². The average Bonchev–Trinajstić information content (AvgIpc) is 3.53. The standard InChI is InChI=1S/C29H31ClFN5O4/c30-22-12-19(3-4-23(22)31)35-28-21-11-18(25(13-24(21)33-17-34-28)40-16-29(32)5-6-29)10-20(37)2-1-7-36-14-26-27(15-36)39-9-8-38-26/h1-4,11-13,17,26-27H,5-10,14-16,32H2,(H,33,34,35)/b2-1+/t26-,27-/m0/s1. The smallest absolute Gasteiger partial charge is 0.159 e. The van der Waals surface area contributed by atoms with Crippen molar-refractivity contribution in [3.8, 4) is 5.75 Å². The first-order chi connectivity index (χ1) is 19.3. The number of carbonyl (C=O) groups excluding carboxylic acids is 1. The molecule has 9 nitrogen and oxygen atoms in total. The van der Waals surface area contributed by atoms with Crippen molar-refractivity contribution in [2.24, 2.45) is 5.73 Å². The maximum atomic E-state index is 13.7. The highest BCUT2D eigenvalue weighted by molar-refractivity contribution is 6.31. The summed E-state index contributed by atoms with van der Waals surface area (Å²) in [5.41, 5.74) is 7.85. The van der Waals surface area contributed by atoms with Crippen molar-refractivity contribution < 1.29 is 23.4 Å². The molecule has 0 unspecified atom stereocenters. The van der Waals surface area contributed by atoms with Crippen LogP contribution in [0.2, 0.25) is 5.02 Å². The number of hydrogen-bond donors (Lipinski definition) is 2. The molecule has 3 aromatic rings. The van der Waals surface area contributed by atoms with Gasteiger partial charge in [0.05, 0.1) is 41.5 Å². The number of ketones is 1. The van der Waals surface area contributed by atoms with E-state index in [0.29, 0.717) is 60.1 Å². The van der Waals surface area contributed by atoms with Gasteiger partial charge in [-0.15, -0.1) is 0 Å². The number of nitrogens with one attached hydrogen (secondary N) is 1. The molecule has 2 saturated heterocycles. The zero-order chi connectivity index (χ0) is 27.7. The van der Waals surface area contributed by atoms with Gasteiger partial charge in [0, 0.05) is 48.8 Å². The highest BCUT2D eigenvalue weighted by Gasteiger charge is 2.39. The van der Waals surface area contributed by atoms with Crippen molar-refractivity contribution in [3.05, 3.63) is 65.2 Å². The molecule has 1 aliphatic carbocycles. The number of carbonyl (C=O) groups is 1. The zero-order valence-electron chi connectivity index (χ0n) is 21.9. The van der Waals surface area contributed by atoms with Crippen molar-refractivity contribution in [1.29, 1.82) is 0 Å². The lowest BCUT2D eigenvalue weighted by Gasteiger charge is -2.24. The monoisotopic (exact) mass is 567 g/mol. The number of likely N-dealkylation sites (tertiary alicyclic amines) is 1. The molecule has 3 heterocycles. The molecule has 1 saturated carbocycles. The fourth-order valence-corrected chi connectivity index (χ4v) is 5.18. The second kappa shape index (κ2) is 11.4. The summed E-state index contributed by atoms with van der Waals surface area (Å²) in [5, 5.41) is 3.87. The van der Waals surface area contributed by atoms with Crippen LogP contribution in [0.3, 0.4) is 0 Å². The number of nitrogens with zero attached hydrogens (tertiary/aromatic N) is 3. The van der Waals surface area contributed by atoms with Crippen LogP contribution in [-0.4, -0.2) is 77.9 Å². The van der Waals surface area contributed by atoms with Crippen LogP contribution in [-0.2, 0) is 20.7 Å². The van der Waals surface area contributed by atoms with Crippen LogP contribution in [0.1, 0.15) is 18.4 Å².